The van der Waals surface area contributed by atoms with E-state index < -0.39 is 6.10 Å². The van der Waals surface area contributed by atoms with Gasteiger partial charge in [0, 0.05) is 26.6 Å². The summed E-state index contributed by atoms with van der Waals surface area (Å²) < 4.78 is 7.42. The van der Waals surface area contributed by atoms with Crippen molar-refractivity contribution in [3.8, 4) is 0 Å². The molecule has 1 heterocycles. The van der Waals surface area contributed by atoms with E-state index >= 15 is 0 Å². The van der Waals surface area contributed by atoms with Gasteiger partial charge in [-0.2, -0.15) is 5.10 Å². The Hall–Kier alpha value is -1.21. The van der Waals surface area contributed by atoms with Crippen LogP contribution in [-0.2, 0) is 22.5 Å². The molecule has 1 aromatic heterocycles. The van der Waals surface area contributed by atoms with Gasteiger partial charge in [-0.3, -0.25) is 9.89 Å². The van der Waals surface area contributed by atoms with Gasteiger partial charge >= 0.3 is 0 Å². The fourth-order valence-electron chi connectivity index (χ4n) is 1.42. The third kappa shape index (κ3) is 3.64. The van der Waals surface area contributed by atoms with Gasteiger partial charge in [0.15, 0.2) is 4.77 Å². The summed E-state index contributed by atoms with van der Waals surface area (Å²) in [6.45, 7) is 5.00. The summed E-state index contributed by atoms with van der Waals surface area (Å²) in [4.78, 5) is 11.4. The number of aromatic amines is 1. The van der Waals surface area contributed by atoms with Crippen LogP contribution in [0.4, 0.5) is 0 Å². The summed E-state index contributed by atoms with van der Waals surface area (Å²) in [6.07, 6.45) is 0.213. The lowest BCUT2D eigenvalue weighted by Crippen LogP contribution is -2.35. The molecule has 0 aliphatic carbocycles. The smallest absolute Gasteiger partial charge is 0.248 e. The first kappa shape index (κ1) is 13.9. The average molecular weight is 258 g/mol. The van der Waals surface area contributed by atoms with E-state index in [1.165, 1.54) is 7.11 Å². The van der Waals surface area contributed by atoms with E-state index in [-0.39, 0.29) is 5.91 Å². The van der Waals surface area contributed by atoms with Gasteiger partial charge in [-0.15, -0.1) is 0 Å². The number of H-pyrrole nitrogens is 1. The minimum Gasteiger partial charge on any atom is -0.372 e. The van der Waals surface area contributed by atoms with Crippen molar-refractivity contribution in [3.63, 3.8) is 0 Å². The number of carbonyl (C=O) groups is 1. The highest BCUT2D eigenvalue weighted by molar-refractivity contribution is 7.71. The molecule has 0 saturated carbocycles. The zero-order valence-electron chi connectivity index (χ0n) is 10.3. The SMILES string of the molecule is CCn1c(CCNC(=O)[C@H](C)OC)n[nH]c1=S. The van der Waals surface area contributed by atoms with Crippen molar-refractivity contribution in [2.75, 3.05) is 13.7 Å². The van der Waals surface area contributed by atoms with Gasteiger partial charge in [-0.25, -0.2) is 0 Å². The summed E-state index contributed by atoms with van der Waals surface area (Å²) in [5, 5.41) is 9.63. The number of hydrogen-bond donors (Lipinski definition) is 2. The molecule has 0 saturated heterocycles. The minimum atomic E-state index is -0.429. The third-order valence-electron chi connectivity index (χ3n) is 2.52. The van der Waals surface area contributed by atoms with Crippen LogP contribution in [0.15, 0.2) is 0 Å². The summed E-state index contributed by atoms with van der Waals surface area (Å²) in [7, 11) is 1.51. The van der Waals surface area contributed by atoms with E-state index in [1.54, 1.807) is 6.92 Å². The van der Waals surface area contributed by atoms with Gasteiger partial charge in [-0.05, 0) is 26.1 Å². The highest BCUT2D eigenvalue weighted by atomic mass is 32.1. The second kappa shape index (κ2) is 6.51. The number of aromatic nitrogens is 3. The lowest BCUT2D eigenvalue weighted by molar-refractivity contribution is -0.129. The van der Waals surface area contributed by atoms with E-state index in [2.05, 4.69) is 15.5 Å². The molecule has 2 N–H and O–H groups in total. The van der Waals surface area contributed by atoms with Gasteiger partial charge in [0.2, 0.25) is 5.91 Å². The fourth-order valence-corrected chi connectivity index (χ4v) is 1.70. The predicted molar refractivity (Wildman–Crippen MR) is 66.3 cm³/mol. The number of carbonyl (C=O) groups excluding carboxylic acids is 1. The van der Waals surface area contributed by atoms with Crippen molar-refractivity contribution in [3.05, 3.63) is 10.6 Å². The number of nitrogens with zero attached hydrogens (tertiary/aromatic N) is 2. The number of ether oxygens (including phenoxy) is 1. The van der Waals surface area contributed by atoms with Gasteiger partial charge in [0.05, 0.1) is 0 Å². The molecule has 0 fully saturated rings. The predicted octanol–water partition coefficient (Wildman–Crippen LogP) is 0.654. The Bertz CT molecular complexity index is 426. The first-order valence-corrected chi connectivity index (χ1v) is 5.95. The van der Waals surface area contributed by atoms with Crippen molar-refractivity contribution in [1.82, 2.24) is 20.1 Å². The van der Waals surface area contributed by atoms with Crippen LogP contribution in [0.25, 0.3) is 0 Å². The second-order valence-corrected chi connectivity index (χ2v) is 3.99. The fraction of sp³-hybridized carbons (Fsp3) is 0.700. The van der Waals surface area contributed by atoms with Crippen LogP contribution in [0.1, 0.15) is 19.7 Å². The van der Waals surface area contributed by atoms with E-state index in [1.807, 2.05) is 11.5 Å². The molecule has 0 bridgehead atoms. The minimum absolute atomic E-state index is 0.121. The Balaban J connectivity index is 2.46. The Morgan fingerprint density at radius 1 is 1.71 bits per heavy atom. The topological polar surface area (TPSA) is 71.9 Å². The van der Waals surface area contributed by atoms with Crippen LogP contribution < -0.4 is 5.32 Å². The summed E-state index contributed by atoms with van der Waals surface area (Å²) in [5.74, 6) is 0.729. The number of amides is 1. The molecule has 96 valence electrons. The van der Waals surface area contributed by atoms with Crippen LogP contribution >= 0.6 is 12.2 Å². The Labute approximate surface area is 105 Å². The molecule has 1 atom stereocenters. The van der Waals surface area contributed by atoms with Crippen molar-refractivity contribution in [1.29, 1.82) is 0 Å². The van der Waals surface area contributed by atoms with E-state index in [0.717, 1.165) is 12.4 Å². The van der Waals surface area contributed by atoms with Crippen LogP contribution in [-0.4, -0.2) is 40.4 Å². The zero-order valence-corrected chi connectivity index (χ0v) is 11.1. The molecule has 7 heteroatoms. The molecule has 0 spiro atoms. The first-order chi connectivity index (χ1) is 8.10. The Morgan fingerprint density at radius 2 is 2.41 bits per heavy atom. The number of hydrogen-bond acceptors (Lipinski definition) is 4. The van der Waals surface area contributed by atoms with Crippen LogP contribution in [0.2, 0.25) is 0 Å². The van der Waals surface area contributed by atoms with Gasteiger partial charge < -0.3 is 14.6 Å². The largest absolute Gasteiger partial charge is 0.372 e. The zero-order chi connectivity index (χ0) is 12.8. The maximum Gasteiger partial charge on any atom is 0.248 e. The molecule has 0 unspecified atom stereocenters. The number of rotatable bonds is 6. The maximum atomic E-state index is 11.4. The summed E-state index contributed by atoms with van der Waals surface area (Å²) >= 11 is 5.07. The first-order valence-electron chi connectivity index (χ1n) is 5.54. The highest BCUT2D eigenvalue weighted by Gasteiger charge is 2.11. The maximum absolute atomic E-state index is 11.4. The molecule has 6 nitrogen and oxygen atoms in total. The second-order valence-electron chi connectivity index (χ2n) is 3.61. The Morgan fingerprint density at radius 3 is 3.00 bits per heavy atom. The number of nitrogens with one attached hydrogen (secondary N) is 2. The molecule has 0 radical (unpaired) electrons. The van der Waals surface area contributed by atoms with E-state index in [4.69, 9.17) is 17.0 Å². The van der Waals surface area contributed by atoms with Gasteiger partial charge in [-0.1, -0.05) is 0 Å². The molecule has 0 aliphatic heterocycles. The molecule has 1 aromatic rings. The van der Waals surface area contributed by atoms with Crippen molar-refractivity contribution in [2.45, 2.75) is 32.9 Å². The lowest BCUT2D eigenvalue weighted by atomic mass is 10.3. The van der Waals surface area contributed by atoms with Crippen LogP contribution in [0.5, 0.6) is 0 Å². The van der Waals surface area contributed by atoms with Gasteiger partial charge in [0.25, 0.3) is 0 Å². The van der Waals surface area contributed by atoms with Crippen molar-refractivity contribution in [2.24, 2.45) is 0 Å². The average Bonchev–Trinajstić information content (AvgIpc) is 2.68. The summed E-state index contributed by atoms with van der Waals surface area (Å²) in [6, 6.07) is 0. The van der Waals surface area contributed by atoms with E-state index in [0.29, 0.717) is 17.7 Å². The molecule has 1 rings (SSSR count). The van der Waals surface area contributed by atoms with Crippen molar-refractivity contribution < 1.29 is 9.53 Å². The van der Waals surface area contributed by atoms with Crippen LogP contribution in [0, 0.1) is 4.77 Å². The molecule has 0 aromatic carbocycles. The van der Waals surface area contributed by atoms with E-state index in [9.17, 15) is 4.79 Å². The molecular weight excluding hydrogens is 240 g/mol. The molecule has 0 aliphatic rings. The quantitative estimate of drug-likeness (QED) is 0.735. The van der Waals surface area contributed by atoms with Crippen molar-refractivity contribution >= 4 is 18.1 Å². The monoisotopic (exact) mass is 258 g/mol. The standard InChI is InChI=1S/C10H18N4O2S/c1-4-14-8(12-13-10(14)17)5-6-11-9(15)7(2)16-3/h7H,4-6H2,1-3H3,(H,11,15)(H,13,17)/t7-/m0/s1. The molecule has 1 amide bonds. The lowest BCUT2D eigenvalue weighted by Gasteiger charge is -2.10. The molecule has 17 heavy (non-hydrogen) atoms. The third-order valence-corrected chi connectivity index (χ3v) is 2.84. The van der Waals surface area contributed by atoms with Crippen LogP contribution in [0.3, 0.4) is 0 Å². The highest BCUT2D eigenvalue weighted by Crippen LogP contribution is 1.98. The molecular formula is C10H18N4O2S. The normalized spacial score (nSPS) is 12.4. The summed E-state index contributed by atoms with van der Waals surface area (Å²) in [5.41, 5.74) is 0. The number of methoxy groups -OCH3 is 1. The Kier molecular flexibility index (Phi) is 5.30. The van der Waals surface area contributed by atoms with Gasteiger partial charge in [0.1, 0.15) is 11.9 Å².